The third kappa shape index (κ3) is 4.41. The van der Waals surface area contributed by atoms with Crippen molar-refractivity contribution in [3.63, 3.8) is 0 Å². The summed E-state index contributed by atoms with van der Waals surface area (Å²) < 4.78 is 0. The van der Waals surface area contributed by atoms with E-state index in [0.29, 0.717) is 0 Å². The number of hydrogen-bond donors (Lipinski definition) is 0. The zero-order valence-electron chi connectivity index (χ0n) is 11.6. The second-order valence-corrected chi connectivity index (χ2v) is 5.55. The molecule has 0 saturated heterocycles. The van der Waals surface area contributed by atoms with E-state index in [2.05, 4.69) is 29.1 Å². The molecule has 100 valence electrons. The molecule has 0 unspecified atom stereocenters. The first-order valence-corrected chi connectivity index (χ1v) is 7.46. The predicted molar refractivity (Wildman–Crippen MR) is 76.7 cm³/mol. The van der Waals surface area contributed by atoms with Crippen molar-refractivity contribution in [1.29, 1.82) is 0 Å². The Bertz CT molecular complexity index is 317. The number of pyridine rings is 1. The Balaban J connectivity index is 1.60. The van der Waals surface area contributed by atoms with E-state index in [1.807, 2.05) is 12.3 Å². The Morgan fingerprint density at radius 1 is 1.17 bits per heavy atom. The topological polar surface area (TPSA) is 16.1 Å². The molecule has 2 rings (SSSR count). The van der Waals surface area contributed by atoms with E-state index in [1.54, 1.807) is 0 Å². The number of aryl methyl sites for hydroxylation is 1. The van der Waals surface area contributed by atoms with E-state index in [0.717, 1.165) is 12.5 Å². The van der Waals surface area contributed by atoms with Crippen LogP contribution < -0.4 is 0 Å². The van der Waals surface area contributed by atoms with E-state index in [-0.39, 0.29) is 0 Å². The van der Waals surface area contributed by atoms with Gasteiger partial charge in [0.25, 0.3) is 0 Å². The molecule has 18 heavy (non-hydrogen) atoms. The number of nitrogens with zero attached hydrogens (tertiary/aromatic N) is 2. The maximum atomic E-state index is 4.37. The average Bonchev–Trinajstić information content (AvgIpc) is 2.45. The molecule has 1 heterocycles. The van der Waals surface area contributed by atoms with Crippen molar-refractivity contribution in [3.05, 3.63) is 30.1 Å². The summed E-state index contributed by atoms with van der Waals surface area (Å²) in [5.41, 5.74) is 1.23. The highest BCUT2D eigenvalue weighted by molar-refractivity contribution is 5.03. The molecule has 1 aliphatic rings. The Hall–Kier alpha value is -0.890. The number of unbranched alkanes of at least 4 members (excludes halogenated alkanes) is 1. The standard InChI is InChI=1S/C16H26N2/c1-18(16-11-3-2-4-12-16)14-8-6-10-15-9-5-7-13-17-15/h5,7,9,13,16H,2-4,6,8,10-12,14H2,1H3. The molecule has 0 amide bonds. The van der Waals surface area contributed by atoms with Crippen LogP contribution >= 0.6 is 0 Å². The Morgan fingerprint density at radius 2 is 2.00 bits per heavy atom. The monoisotopic (exact) mass is 246 g/mol. The minimum Gasteiger partial charge on any atom is -0.303 e. The molecule has 1 saturated carbocycles. The van der Waals surface area contributed by atoms with Gasteiger partial charge in [0.1, 0.15) is 0 Å². The molecule has 1 aromatic heterocycles. The van der Waals surface area contributed by atoms with Crippen molar-refractivity contribution in [2.75, 3.05) is 13.6 Å². The van der Waals surface area contributed by atoms with E-state index in [1.165, 1.54) is 57.2 Å². The highest BCUT2D eigenvalue weighted by atomic mass is 15.1. The lowest BCUT2D eigenvalue weighted by molar-refractivity contribution is 0.189. The van der Waals surface area contributed by atoms with Crippen molar-refractivity contribution in [2.45, 2.75) is 57.4 Å². The quantitative estimate of drug-likeness (QED) is 0.712. The fourth-order valence-corrected chi connectivity index (χ4v) is 2.92. The van der Waals surface area contributed by atoms with Gasteiger partial charge in [-0.25, -0.2) is 0 Å². The maximum Gasteiger partial charge on any atom is 0.0403 e. The molecule has 2 nitrogen and oxygen atoms in total. The van der Waals surface area contributed by atoms with Crippen LogP contribution in [0.25, 0.3) is 0 Å². The largest absolute Gasteiger partial charge is 0.303 e. The molecule has 0 radical (unpaired) electrons. The summed E-state index contributed by atoms with van der Waals surface area (Å²) in [6.45, 7) is 1.25. The summed E-state index contributed by atoms with van der Waals surface area (Å²) in [5.74, 6) is 0. The normalized spacial score (nSPS) is 17.2. The molecule has 2 heteroatoms. The second-order valence-electron chi connectivity index (χ2n) is 5.55. The van der Waals surface area contributed by atoms with E-state index in [9.17, 15) is 0 Å². The van der Waals surface area contributed by atoms with Gasteiger partial charge in [-0.15, -0.1) is 0 Å². The summed E-state index contributed by atoms with van der Waals surface area (Å²) in [5, 5.41) is 0. The lowest BCUT2D eigenvalue weighted by Gasteiger charge is -2.31. The predicted octanol–water partition coefficient (Wildman–Crippen LogP) is 3.67. The van der Waals surface area contributed by atoms with Crippen molar-refractivity contribution in [2.24, 2.45) is 0 Å². The van der Waals surface area contributed by atoms with Crippen LogP contribution in [0.3, 0.4) is 0 Å². The van der Waals surface area contributed by atoms with Gasteiger partial charge in [-0.3, -0.25) is 4.98 Å². The van der Waals surface area contributed by atoms with Crippen molar-refractivity contribution >= 4 is 0 Å². The van der Waals surface area contributed by atoms with Crippen molar-refractivity contribution in [3.8, 4) is 0 Å². The molecule has 0 N–H and O–H groups in total. The second kappa shape index (κ2) is 7.52. The Morgan fingerprint density at radius 3 is 2.72 bits per heavy atom. The Labute approximate surface area is 111 Å². The van der Waals surface area contributed by atoms with Crippen molar-refractivity contribution < 1.29 is 0 Å². The molecule has 1 aromatic rings. The molecular formula is C16H26N2. The van der Waals surface area contributed by atoms with E-state index >= 15 is 0 Å². The van der Waals surface area contributed by atoms with E-state index in [4.69, 9.17) is 0 Å². The van der Waals surface area contributed by atoms with Gasteiger partial charge in [0.15, 0.2) is 0 Å². The van der Waals surface area contributed by atoms with Crippen LogP contribution in [0.1, 0.15) is 50.6 Å². The van der Waals surface area contributed by atoms with Gasteiger partial charge in [-0.1, -0.05) is 25.3 Å². The summed E-state index contributed by atoms with van der Waals surface area (Å²) in [4.78, 5) is 6.95. The van der Waals surface area contributed by atoms with Crippen LogP contribution in [0.5, 0.6) is 0 Å². The first-order valence-electron chi connectivity index (χ1n) is 7.46. The van der Waals surface area contributed by atoms with Crippen LogP contribution in [-0.2, 0) is 6.42 Å². The zero-order valence-corrected chi connectivity index (χ0v) is 11.6. The Kier molecular flexibility index (Phi) is 5.66. The summed E-state index contributed by atoms with van der Waals surface area (Å²) >= 11 is 0. The molecule has 1 fully saturated rings. The van der Waals surface area contributed by atoms with Crippen molar-refractivity contribution in [1.82, 2.24) is 9.88 Å². The molecule has 0 spiro atoms. The van der Waals surface area contributed by atoms with Gasteiger partial charge in [0, 0.05) is 17.9 Å². The fraction of sp³-hybridized carbons (Fsp3) is 0.688. The highest BCUT2D eigenvalue weighted by Crippen LogP contribution is 2.21. The van der Waals surface area contributed by atoms with Crippen LogP contribution in [0.2, 0.25) is 0 Å². The maximum absolute atomic E-state index is 4.37. The molecular weight excluding hydrogens is 220 g/mol. The SMILES string of the molecule is CN(CCCCc1ccccn1)C1CCCCC1. The molecule has 0 aliphatic heterocycles. The van der Waals surface area contributed by atoms with Gasteiger partial charge >= 0.3 is 0 Å². The molecule has 0 aromatic carbocycles. The summed E-state index contributed by atoms with van der Waals surface area (Å²) in [6.07, 6.45) is 12.7. The van der Waals surface area contributed by atoms with Gasteiger partial charge in [0.05, 0.1) is 0 Å². The van der Waals surface area contributed by atoms with E-state index < -0.39 is 0 Å². The first-order chi connectivity index (χ1) is 8.86. The lowest BCUT2D eigenvalue weighted by atomic mass is 9.94. The molecule has 1 aliphatic carbocycles. The smallest absolute Gasteiger partial charge is 0.0403 e. The third-order valence-corrected chi connectivity index (χ3v) is 4.12. The lowest BCUT2D eigenvalue weighted by Crippen LogP contribution is -2.34. The highest BCUT2D eigenvalue weighted by Gasteiger charge is 2.17. The summed E-state index contributed by atoms with van der Waals surface area (Å²) in [6, 6.07) is 7.05. The van der Waals surface area contributed by atoms with Gasteiger partial charge in [0.2, 0.25) is 0 Å². The number of rotatable bonds is 6. The summed E-state index contributed by atoms with van der Waals surface area (Å²) in [7, 11) is 2.30. The number of aromatic nitrogens is 1. The first kappa shape index (κ1) is 13.5. The van der Waals surface area contributed by atoms with Crippen LogP contribution in [0, 0.1) is 0 Å². The molecule has 0 bridgehead atoms. The molecule has 0 atom stereocenters. The third-order valence-electron chi connectivity index (χ3n) is 4.12. The minimum absolute atomic E-state index is 0.855. The van der Waals surface area contributed by atoms with Gasteiger partial charge < -0.3 is 4.90 Å². The minimum atomic E-state index is 0.855. The van der Waals surface area contributed by atoms with Gasteiger partial charge in [-0.2, -0.15) is 0 Å². The zero-order chi connectivity index (χ0) is 12.6. The van der Waals surface area contributed by atoms with Crippen LogP contribution in [0.4, 0.5) is 0 Å². The van der Waals surface area contributed by atoms with Gasteiger partial charge in [-0.05, 0) is 57.8 Å². The fourth-order valence-electron chi connectivity index (χ4n) is 2.92. The van der Waals surface area contributed by atoms with Crippen LogP contribution in [-0.4, -0.2) is 29.5 Å². The van der Waals surface area contributed by atoms with Crippen LogP contribution in [0.15, 0.2) is 24.4 Å². The number of hydrogen-bond acceptors (Lipinski definition) is 2. The average molecular weight is 246 g/mol.